The fourth-order valence-electron chi connectivity index (χ4n) is 2.30. The van der Waals surface area contributed by atoms with Gasteiger partial charge < -0.3 is 10.2 Å². The third kappa shape index (κ3) is 3.49. The van der Waals surface area contributed by atoms with E-state index in [0.717, 1.165) is 39.0 Å². The molecule has 1 fully saturated rings. The predicted octanol–water partition coefficient (Wildman–Crippen LogP) is 1.49. The van der Waals surface area contributed by atoms with Crippen LogP contribution in [0.4, 0.5) is 0 Å². The van der Waals surface area contributed by atoms with E-state index < -0.39 is 0 Å². The molecule has 3 nitrogen and oxygen atoms in total. The van der Waals surface area contributed by atoms with Crippen LogP contribution in [0.1, 0.15) is 33.6 Å². The molecule has 1 rings (SSSR count). The molecular weight excluding hydrogens is 188 g/mol. The van der Waals surface area contributed by atoms with Crippen LogP contribution in [0.15, 0.2) is 0 Å². The Morgan fingerprint density at radius 1 is 1.40 bits per heavy atom. The van der Waals surface area contributed by atoms with E-state index in [4.69, 9.17) is 0 Å². The molecule has 0 saturated carbocycles. The second-order valence-electron chi connectivity index (χ2n) is 4.61. The van der Waals surface area contributed by atoms with Gasteiger partial charge in [-0.3, -0.25) is 4.79 Å². The fourth-order valence-corrected chi connectivity index (χ4v) is 2.30. The first-order chi connectivity index (χ1) is 7.19. The highest BCUT2D eigenvalue weighted by Crippen LogP contribution is 2.18. The van der Waals surface area contributed by atoms with Gasteiger partial charge in [0.05, 0.1) is 5.92 Å². The van der Waals surface area contributed by atoms with Crippen LogP contribution in [0, 0.1) is 11.8 Å². The minimum atomic E-state index is 0.209. The van der Waals surface area contributed by atoms with Gasteiger partial charge in [-0.15, -0.1) is 0 Å². The Bertz CT molecular complexity index is 206. The van der Waals surface area contributed by atoms with Crippen LogP contribution < -0.4 is 5.32 Å². The standard InChI is InChI=1S/C12H24N2O/c1-4-6-14(5-2)12(15)11-7-10(3)8-13-9-11/h10-11,13H,4-9H2,1-3H3. The number of carbonyl (C=O) groups excluding carboxylic acids is 1. The van der Waals surface area contributed by atoms with Crippen molar-refractivity contribution in [3.8, 4) is 0 Å². The zero-order chi connectivity index (χ0) is 11.3. The molecule has 1 heterocycles. The average molecular weight is 212 g/mol. The molecule has 3 heteroatoms. The number of amides is 1. The lowest BCUT2D eigenvalue weighted by atomic mass is 9.91. The topological polar surface area (TPSA) is 32.3 Å². The lowest BCUT2D eigenvalue weighted by Gasteiger charge is -2.31. The first-order valence-electron chi connectivity index (χ1n) is 6.18. The molecule has 2 unspecified atom stereocenters. The number of hydrogen-bond acceptors (Lipinski definition) is 2. The van der Waals surface area contributed by atoms with Crippen molar-refractivity contribution < 1.29 is 4.79 Å². The Morgan fingerprint density at radius 2 is 2.13 bits per heavy atom. The lowest BCUT2D eigenvalue weighted by molar-refractivity contribution is -0.136. The molecule has 0 aromatic rings. The quantitative estimate of drug-likeness (QED) is 0.766. The highest BCUT2D eigenvalue weighted by atomic mass is 16.2. The van der Waals surface area contributed by atoms with Gasteiger partial charge in [-0.25, -0.2) is 0 Å². The molecule has 1 aliphatic heterocycles. The third-order valence-corrected chi connectivity index (χ3v) is 3.11. The summed E-state index contributed by atoms with van der Waals surface area (Å²) in [5.74, 6) is 1.19. The van der Waals surface area contributed by atoms with Crippen LogP contribution in [-0.2, 0) is 4.79 Å². The molecule has 1 amide bonds. The Morgan fingerprint density at radius 3 is 2.67 bits per heavy atom. The highest BCUT2D eigenvalue weighted by molar-refractivity contribution is 5.79. The molecule has 0 aromatic heterocycles. The molecule has 0 aliphatic carbocycles. The molecule has 0 aromatic carbocycles. The number of rotatable bonds is 4. The number of piperidine rings is 1. The smallest absolute Gasteiger partial charge is 0.226 e. The van der Waals surface area contributed by atoms with Gasteiger partial charge in [0.25, 0.3) is 0 Å². The summed E-state index contributed by atoms with van der Waals surface area (Å²) in [5, 5.41) is 3.34. The maximum absolute atomic E-state index is 12.2. The summed E-state index contributed by atoms with van der Waals surface area (Å²) in [6.07, 6.45) is 2.10. The normalized spacial score (nSPS) is 26.3. The molecular formula is C12H24N2O. The van der Waals surface area contributed by atoms with Gasteiger partial charge in [-0.05, 0) is 32.2 Å². The summed E-state index contributed by atoms with van der Waals surface area (Å²) >= 11 is 0. The molecule has 15 heavy (non-hydrogen) atoms. The summed E-state index contributed by atoms with van der Waals surface area (Å²) in [6.45, 7) is 10.1. The largest absolute Gasteiger partial charge is 0.343 e. The van der Waals surface area contributed by atoms with E-state index in [9.17, 15) is 4.79 Å². The van der Waals surface area contributed by atoms with E-state index in [1.165, 1.54) is 0 Å². The van der Waals surface area contributed by atoms with Gasteiger partial charge in [-0.1, -0.05) is 13.8 Å². The Hall–Kier alpha value is -0.570. The SMILES string of the molecule is CCCN(CC)C(=O)C1CNCC(C)C1. The highest BCUT2D eigenvalue weighted by Gasteiger charge is 2.27. The van der Waals surface area contributed by atoms with Gasteiger partial charge in [-0.2, -0.15) is 0 Å². The van der Waals surface area contributed by atoms with Crippen LogP contribution >= 0.6 is 0 Å². The van der Waals surface area contributed by atoms with Crippen LogP contribution in [0.3, 0.4) is 0 Å². The first-order valence-corrected chi connectivity index (χ1v) is 6.18. The molecule has 1 saturated heterocycles. The summed E-state index contributed by atoms with van der Waals surface area (Å²) < 4.78 is 0. The van der Waals surface area contributed by atoms with Gasteiger partial charge >= 0.3 is 0 Å². The molecule has 88 valence electrons. The van der Waals surface area contributed by atoms with Crippen molar-refractivity contribution in [1.29, 1.82) is 0 Å². The lowest BCUT2D eigenvalue weighted by Crippen LogP contribution is -2.45. The van der Waals surface area contributed by atoms with Gasteiger partial charge in [0.1, 0.15) is 0 Å². The molecule has 0 bridgehead atoms. The summed E-state index contributed by atoms with van der Waals surface area (Å²) in [5.41, 5.74) is 0. The molecule has 0 radical (unpaired) electrons. The second-order valence-corrected chi connectivity index (χ2v) is 4.61. The zero-order valence-corrected chi connectivity index (χ0v) is 10.3. The maximum Gasteiger partial charge on any atom is 0.226 e. The van der Waals surface area contributed by atoms with Crippen molar-refractivity contribution in [3.63, 3.8) is 0 Å². The fraction of sp³-hybridized carbons (Fsp3) is 0.917. The van der Waals surface area contributed by atoms with Crippen LogP contribution in [0.2, 0.25) is 0 Å². The van der Waals surface area contributed by atoms with Gasteiger partial charge in [0.15, 0.2) is 0 Å². The number of hydrogen-bond donors (Lipinski definition) is 1. The van der Waals surface area contributed by atoms with E-state index in [1.54, 1.807) is 0 Å². The monoisotopic (exact) mass is 212 g/mol. The van der Waals surface area contributed by atoms with Crippen molar-refractivity contribution in [1.82, 2.24) is 10.2 Å². The Balaban J connectivity index is 2.49. The van der Waals surface area contributed by atoms with E-state index in [0.29, 0.717) is 11.8 Å². The van der Waals surface area contributed by atoms with E-state index in [2.05, 4.69) is 26.1 Å². The Kier molecular flexibility index (Phi) is 5.09. The number of nitrogens with one attached hydrogen (secondary N) is 1. The van der Waals surface area contributed by atoms with Crippen LogP contribution in [0.5, 0.6) is 0 Å². The van der Waals surface area contributed by atoms with Crippen molar-refractivity contribution in [3.05, 3.63) is 0 Å². The van der Waals surface area contributed by atoms with Crippen molar-refractivity contribution in [2.45, 2.75) is 33.6 Å². The minimum absolute atomic E-state index is 0.209. The molecule has 1 aliphatic rings. The average Bonchev–Trinajstić information content (AvgIpc) is 2.25. The number of nitrogens with zero attached hydrogens (tertiary/aromatic N) is 1. The third-order valence-electron chi connectivity index (χ3n) is 3.11. The summed E-state index contributed by atoms with van der Waals surface area (Å²) in [6, 6.07) is 0. The van der Waals surface area contributed by atoms with Crippen LogP contribution in [0.25, 0.3) is 0 Å². The van der Waals surface area contributed by atoms with E-state index in [1.807, 2.05) is 4.90 Å². The van der Waals surface area contributed by atoms with Crippen molar-refractivity contribution in [2.75, 3.05) is 26.2 Å². The van der Waals surface area contributed by atoms with Gasteiger partial charge in [0.2, 0.25) is 5.91 Å². The van der Waals surface area contributed by atoms with Crippen molar-refractivity contribution in [2.24, 2.45) is 11.8 Å². The maximum atomic E-state index is 12.2. The molecule has 2 atom stereocenters. The zero-order valence-electron chi connectivity index (χ0n) is 10.3. The number of carbonyl (C=O) groups is 1. The summed E-state index contributed by atoms with van der Waals surface area (Å²) in [4.78, 5) is 14.1. The Labute approximate surface area is 93.2 Å². The van der Waals surface area contributed by atoms with Gasteiger partial charge in [0, 0.05) is 19.6 Å². The predicted molar refractivity (Wildman–Crippen MR) is 62.7 cm³/mol. The molecule has 1 N–H and O–H groups in total. The van der Waals surface area contributed by atoms with Crippen LogP contribution in [-0.4, -0.2) is 37.0 Å². The van der Waals surface area contributed by atoms with E-state index >= 15 is 0 Å². The van der Waals surface area contributed by atoms with Crippen molar-refractivity contribution >= 4 is 5.91 Å². The summed E-state index contributed by atoms with van der Waals surface area (Å²) in [7, 11) is 0. The second kappa shape index (κ2) is 6.11. The molecule has 0 spiro atoms. The minimum Gasteiger partial charge on any atom is -0.343 e. The van der Waals surface area contributed by atoms with E-state index in [-0.39, 0.29) is 5.92 Å². The first kappa shape index (κ1) is 12.5.